The molecule has 0 aromatic heterocycles. The van der Waals surface area contributed by atoms with E-state index in [0.717, 1.165) is 22.6 Å². The van der Waals surface area contributed by atoms with Crippen LogP contribution in [0.2, 0.25) is 0 Å². The number of esters is 1. The summed E-state index contributed by atoms with van der Waals surface area (Å²) in [5.74, 6) is -3.04. The van der Waals surface area contributed by atoms with Crippen LogP contribution < -0.4 is 5.32 Å². The first-order chi connectivity index (χ1) is 16.6. The zero-order chi connectivity index (χ0) is 25.2. The summed E-state index contributed by atoms with van der Waals surface area (Å²) >= 11 is 0. The van der Waals surface area contributed by atoms with Crippen LogP contribution in [0.1, 0.15) is 42.2 Å². The van der Waals surface area contributed by atoms with Gasteiger partial charge in [-0.1, -0.05) is 42.5 Å². The van der Waals surface area contributed by atoms with Gasteiger partial charge in [0.25, 0.3) is 17.7 Å². The maximum atomic E-state index is 13.1. The number of para-hydroxylation sites is 1. The van der Waals surface area contributed by atoms with Gasteiger partial charge in [-0.25, -0.2) is 4.79 Å². The summed E-state index contributed by atoms with van der Waals surface area (Å²) in [6, 6.07) is 17.1. The quantitative estimate of drug-likeness (QED) is 0.418. The number of carbonyl (C=O) groups excluding carboxylic acids is 4. The molecule has 0 atom stereocenters. The number of amides is 3. The molecule has 0 bridgehead atoms. The first kappa shape index (κ1) is 23.7. The Morgan fingerprint density at radius 2 is 1.51 bits per heavy atom. The van der Waals surface area contributed by atoms with Crippen molar-refractivity contribution in [3.05, 3.63) is 101 Å². The predicted molar refractivity (Wildman–Crippen MR) is 117 cm³/mol. The van der Waals surface area contributed by atoms with Crippen molar-refractivity contribution in [3.8, 4) is 0 Å². The Morgan fingerprint density at radius 3 is 2.23 bits per heavy atom. The van der Waals surface area contributed by atoms with Crippen LogP contribution >= 0.6 is 0 Å². The van der Waals surface area contributed by atoms with Crippen LogP contribution in [-0.4, -0.2) is 35.2 Å². The van der Waals surface area contributed by atoms with Crippen LogP contribution in [0.25, 0.3) is 0 Å². The van der Waals surface area contributed by atoms with Gasteiger partial charge in [-0.3, -0.25) is 19.3 Å². The summed E-state index contributed by atoms with van der Waals surface area (Å²) in [4.78, 5) is 50.9. The van der Waals surface area contributed by atoms with Gasteiger partial charge < -0.3 is 10.1 Å². The van der Waals surface area contributed by atoms with Crippen molar-refractivity contribution in [2.75, 3.05) is 11.9 Å². The molecule has 0 unspecified atom stereocenters. The van der Waals surface area contributed by atoms with Gasteiger partial charge in [-0.15, -0.1) is 0 Å². The Labute approximate surface area is 197 Å². The first-order valence-electron chi connectivity index (χ1n) is 10.3. The van der Waals surface area contributed by atoms with Gasteiger partial charge in [0.15, 0.2) is 6.61 Å². The molecule has 0 saturated heterocycles. The predicted octanol–water partition coefficient (Wildman–Crippen LogP) is 4.30. The van der Waals surface area contributed by atoms with E-state index in [9.17, 15) is 32.3 Å². The molecular weight excluding hydrogens is 465 g/mol. The van der Waals surface area contributed by atoms with E-state index in [0.29, 0.717) is 0 Å². The third-order valence-corrected chi connectivity index (χ3v) is 5.23. The molecule has 1 aliphatic heterocycles. The molecular formula is C25H17F3N2O5. The summed E-state index contributed by atoms with van der Waals surface area (Å²) in [6.07, 6.45) is -4.68. The lowest BCUT2D eigenvalue weighted by molar-refractivity contribution is -0.137. The molecule has 0 radical (unpaired) electrons. The number of benzene rings is 3. The number of ether oxygens (including phenoxy) is 1. The molecule has 1 aliphatic rings. The van der Waals surface area contributed by atoms with Crippen LogP contribution in [-0.2, 0) is 22.3 Å². The van der Waals surface area contributed by atoms with Gasteiger partial charge in [-0.2, -0.15) is 13.2 Å². The standard InChI is InChI=1S/C25H17F3N2O5/c26-25(27,28)19-8-4-5-9-20(19)29-21(31)14-35-24(34)16-10-11-17-18(12-16)23(33)30(22(17)32)13-15-6-2-1-3-7-15/h1-12H,13-14H2,(H,29,31). The molecule has 7 nitrogen and oxygen atoms in total. The highest BCUT2D eigenvalue weighted by molar-refractivity contribution is 6.21. The van der Waals surface area contributed by atoms with E-state index in [1.54, 1.807) is 30.3 Å². The summed E-state index contributed by atoms with van der Waals surface area (Å²) < 4.78 is 44.1. The molecule has 3 aromatic rings. The number of anilines is 1. The lowest BCUT2D eigenvalue weighted by Crippen LogP contribution is -2.29. The second-order valence-electron chi connectivity index (χ2n) is 7.61. The van der Waals surface area contributed by atoms with Crippen molar-refractivity contribution in [2.45, 2.75) is 12.7 Å². The van der Waals surface area contributed by atoms with Crippen LogP contribution in [0.15, 0.2) is 72.8 Å². The molecule has 3 amide bonds. The lowest BCUT2D eigenvalue weighted by Gasteiger charge is -2.13. The topological polar surface area (TPSA) is 92.8 Å². The fourth-order valence-corrected chi connectivity index (χ4v) is 3.57. The minimum absolute atomic E-state index is 0.0175. The summed E-state index contributed by atoms with van der Waals surface area (Å²) in [5.41, 5.74) is -0.703. The second-order valence-corrected chi connectivity index (χ2v) is 7.61. The Hall–Kier alpha value is -4.47. The van der Waals surface area contributed by atoms with Gasteiger partial charge in [0.1, 0.15) is 0 Å². The average Bonchev–Trinajstić information content (AvgIpc) is 3.07. The highest BCUT2D eigenvalue weighted by Crippen LogP contribution is 2.34. The number of nitrogens with one attached hydrogen (secondary N) is 1. The minimum Gasteiger partial charge on any atom is -0.452 e. The van der Waals surface area contributed by atoms with Crippen LogP contribution in [0.4, 0.5) is 18.9 Å². The number of rotatable bonds is 6. The minimum atomic E-state index is -4.68. The van der Waals surface area contributed by atoms with Crippen LogP contribution in [0.3, 0.4) is 0 Å². The van der Waals surface area contributed by atoms with E-state index in [1.807, 2.05) is 0 Å². The normalized spacial score (nSPS) is 12.9. The lowest BCUT2D eigenvalue weighted by atomic mass is 10.1. The Kier molecular flexibility index (Phi) is 6.37. The molecule has 1 heterocycles. The summed E-state index contributed by atoms with van der Waals surface area (Å²) in [6.45, 7) is -0.790. The fraction of sp³-hybridized carbons (Fsp3) is 0.120. The number of alkyl halides is 3. The van der Waals surface area contributed by atoms with Crippen molar-refractivity contribution in [1.29, 1.82) is 0 Å². The monoisotopic (exact) mass is 482 g/mol. The molecule has 4 rings (SSSR count). The van der Waals surface area contributed by atoms with Crippen molar-refractivity contribution in [1.82, 2.24) is 4.90 Å². The van der Waals surface area contributed by atoms with Gasteiger partial charge in [0, 0.05) is 0 Å². The SMILES string of the molecule is O=C(COC(=O)c1ccc2c(c1)C(=O)N(Cc1ccccc1)C2=O)Nc1ccccc1C(F)(F)F. The zero-order valence-electron chi connectivity index (χ0n) is 18.0. The number of hydrogen-bond donors (Lipinski definition) is 1. The molecule has 178 valence electrons. The highest BCUT2D eigenvalue weighted by Gasteiger charge is 2.36. The molecule has 0 aliphatic carbocycles. The maximum Gasteiger partial charge on any atom is 0.418 e. The molecule has 0 fully saturated rings. The number of hydrogen-bond acceptors (Lipinski definition) is 5. The molecule has 0 saturated carbocycles. The number of nitrogens with zero attached hydrogens (tertiary/aromatic N) is 1. The maximum absolute atomic E-state index is 13.1. The largest absolute Gasteiger partial charge is 0.452 e. The van der Waals surface area contributed by atoms with Crippen molar-refractivity contribution in [3.63, 3.8) is 0 Å². The van der Waals surface area contributed by atoms with Crippen molar-refractivity contribution >= 4 is 29.4 Å². The fourth-order valence-electron chi connectivity index (χ4n) is 3.57. The number of fused-ring (bicyclic) bond motifs is 1. The molecule has 10 heteroatoms. The first-order valence-corrected chi connectivity index (χ1v) is 10.3. The van der Waals surface area contributed by atoms with E-state index in [-0.39, 0.29) is 23.2 Å². The van der Waals surface area contributed by atoms with Gasteiger partial charge in [-0.05, 0) is 35.9 Å². The average molecular weight is 482 g/mol. The van der Waals surface area contributed by atoms with Gasteiger partial charge in [0.2, 0.25) is 0 Å². The third-order valence-electron chi connectivity index (χ3n) is 5.23. The van der Waals surface area contributed by atoms with E-state index in [2.05, 4.69) is 5.32 Å². The van der Waals surface area contributed by atoms with E-state index in [1.165, 1.54) is 30.3 Å². The van der Waals surface area contributed by atoms with E-state index in [4.69, 9.17) is 4.74 Å². The zero-order valence-corrected chi connectivity index (χ0v) is 18.0. The van der Waals surface area contributed by atoms with E-state index < -0.39 is 47.7 Å². The molecule has 0 spiro atoms. The Bertz CT molecular complexity index is 1320. The Balaban J connectivity index is 1.41. The van der Waals surface area contributed by atoms with Gasteiger partial charge >= 0.3 is 12.1 Å². The number of halogens is 3. The van der Waals surface area contributed by atoms with Crippen molar-refractivity contribution in [2.24, 2.45) is 0 Å². The molecule has 3 aromatic carbocycles. The Morgan fingerprint density at radius 1 is 0.857 bits per heavy atom. The number of imide groups is 1. The number of carbonyl (C=O) groups is 4. The van der Waals surface area contributed by atoms with Crippen LogP contribution in [0, 0.1) is 0 Å². The molecule has 1 N–H and O–H groups in total. The second kappa shape index (κ2) is 9.41. The third kappa shape index (κ3) is 5.06. The van der Waals surface area contributed by atoms with Crippen LogP contribution in [0.5, 0.6) is 0 Å². The van der Waals surface area contributed by atoms with E-state index >= 15 is 0 Å². The summed E-state index contributed by atoms with van der Waals surface area (Å²) in [7, 11) is 0. The summed E-state index contributed by atoms with van der Waals surface area (Å²) in [5, 5.41) is 2.07. The van der Waals surface area contributed by atoms with Crippen molar-refractivity contribution < 1.29 is 37.1 Å². The highest BCUT2D eigenvalue weighted by atomic mass is 19.4. The molecule has 35 heavy (non-hydrogen) atoms. The smallest absolute Gasteiger partial charge is 0.418 e. The van der Waals surface area contributed by atoms with Gasteiger partial charge in [0.05, 0.1) is 34.5 Å².